The molecular weight excluding hydrogens is 136 g/mol. The van der Waals surface area contributed by atoms with Gasteiger partial charge in [0, 0.05) is 12.4 Å². The van der Waals surface area contributed by atoms with Crippen molar-refractivity contribution in [1.82, 2.24) is 4.98 Å². The molecule has 0 fully saturated rings. The molecule has 0 unspecified atom stereocenters. The molecule has 0 saturated carbocycles. The van der Waals surface area contributed by atoms with Gasteiger partial charge in [0.05, 0.1) is 0 Å². The summed E-state index contributed by atoms with van der Waals surface area (Å²) in [6.07, 6.45) is 3.00. The summed E-state index contributed by atoms with van der Waals surface area (Å²) >= 11 is 0. The van der Waals surface area contributed by atoms with Crippen molar-refractivity contribution in [3.8, 4) is 0 Å². The van der Waals surface area contributed by atoms with E-state index in [-0.39, 0.29) is 0 Å². The first-order chi connectivity index (χ1) is 4.30. The van der Waals surface area contributed by atoms with Crippen molar-refractivity contribution < 1.29 is 4.21 Å². The normalized spacial score (nSPS) is 9.89. The summed E-state index contributed by atoms with van der Waals surface area (Å²) in [6, 6.07) is 3.26. The Balaban J connectivity index is 3.13. The van der Waals surface area contributed by atoms with E-state index in [9.17, 15) is 4.21 Å². The van der Waals surface area contributed by atoms with Gasteiger partial charge in [0.25, 0.3) is 0 Å². The van der Waals surface area contributed by atoms with Gasteiger partial charge in [-0.15, -0.1) is 0 Å². The van der Waals surface area contributed by atoms with Gasteiger partial charge in [0.1, 0.15) is 0 Å². The zero-order chi connectivity index (χ0) is 6.69. The summed E-state index contributed by atoms with van der Waals surface area (Å²) in [5, 5.41) is 0. The Morgan fingerprint density at radius 3 is 2.78 bits per heavy atom. The van der Waals surface area contributed by atoms with Gasteiger partial charge >= 0.3 is 0 Å². The van der Waals surface area contributed by atoms with Crippen LogP contribution in [0.4, 0.5) is 0 Å². The number of pyridine rings is 1. The Morgan fingerprint density at radius 1 is 1.67 bits per heavy atom. The van der Waals surface area contributed by atoms with Gasteiger partial charge in [-0.1, -0.05) is 11.0 Å². The second kappa shape index (κ2) is 2.59. The van der Waals surface area contributed by atoms with Crippen LogP contribution >= 0.6 is 0 Å². The van der Waals surface area contributed by atoms with Crippen LogP contribution in [0.2, 0.25) is 0 Å². The fraction of sp³-hybridized carbons (Fsp3) is 0. The molecule has 0 aliphatic carbocycles. The SMILES string of the molecule is N=[S-](=O)c1cccnc1. The minimum atomic E-state index is -1.64. The first-order valence-electron chi connectivity index (χ1n) is 2.34. The van der Waals surface area contributed by atoms with E-state index in [0.717, 1.165) is 0 Å². The lowest BCUT2D eigenvalue weighted by atomic mass is 10.5. The first-order valence-corrected chi connectivity index (χ1v) is 3.49. The van der Waals surface area contributed by atoms with E-state index in [4.69, 9.17) is 4.78 Å². The molecule has 0 aliphatic heterocycles. The molecular formula is C5H5N2OS-. The second-order valence-electron chi connectivity index (χ2n) is 1.46. The predicted octanol–water partition coefficient (Wildman–Crippen LogP) is 1.17. The number of hydrogen-bond acceptors (Lipinski definition) is 4. The van der Waals surface area contributed by atoms with Crippen LogP contribution in [-0.4, -0.2) is 4.98 Å². The van der Waals surface area contributed by atoms with Crippen molar-refractivity contribution in [3.05, 3.63) is 24.5 Å². The third kappa shape index (κ3) is 1.50. The molecule has 0 saturated heterocycles. The van der Waals surface area contributed by atoms with Crippen molar-refractivity contribution in [2.75, 3.05) is 0 Å². The van der Waals surface area contributed by atoms with E-state index in [1.54, 1.807) is 18.3 Å². The van der Waals surface area contributed by atoms with Crippen LogP contribution in [0.15, 0.2) is 29.4 Å². The molecule has 3 nitrogen and oxygen atoms in total. The number of hydrogen-bond donors (Lipinski definition) is 1. The number of aromatic nitrogens is 1. The summed E-state index contributed by atoms with van der Waals surface area (Å²) in [5.41, 5.74) is 0. The average molecular weight is 141 g/mol. The van der Waals surface area contributed by atoms with Gasteiger partial charge in [-0.05, 0) is 6.07 Å². The second-order valence-corrected chi connectivity index (χ2v) is 2.47. The molecule has 0 spiro atoms. The van der Waals surface area contributed by atoms with Crippen molar-refractivity contribution in [2.24, 2.45) is 0 Å². The van der Waals surface area contributed by atoms with Gasteiger partial charge in [0.15, 0.2) is 0 Å². The molecule has 0 aliphatic rings. The molecule has 0 amide bonds. The maximum Gasteiger partial charge on any atom is 0.0266 e. The molecule has 0 bridgehead atoms. The fourth-order valence-electron chi connectivity index (χ4n) is 0.457. The standard InChI is InChI=1S/C5H5N2OS/c6-9(8)5-2-1-3-7-4-5/h1-4,6H/q-1. The molecule has 0 radical (unpaired) electrons. The lowest BCUT2D eigenvalue weighted by Crippen LogP contribution is -1.76. The minimum absolute atomic E-state index is 0.442. The van der Waals surface area contributed by atoms with Crippen LogP contribution < -0.4 is 0 Å². The van der Waals surface area contributed by atoms with Crippen LogP contribution in [0.5, 0.6) is 0 Å². The van der Waals surface area contributed by atoms with E-state index in [0.29, 0.717) is 4.90 Å². The average Bonchev–Trinajstić information content (AvgIpc) is 1.90. The Kier molecular flexibility index (Phi) is 1.79. The molecule has 0 aromatic carbocycles. The Bertz CT molecular complexity index is 247. The predicted molar refractivity (Wildman–Crippen MR) is 33.3 cm³/mol. The maximum absolute atomic E-state index is 10.4. The molecule has 9 heavy (non-hydrogen) atoms. The highest BCUT2D eigenvalue weighted by Gasteiger charge is 1.75. The summed E-state index contributed by atoms with van der Waals surface area (Å²) in [6.45, 7) is 0. The van der Waals surface area contributed by atoms with Crippen molar-refractivity contribution >= 4 is 10.6 Å². The quantitative estimate of drug-likeness (QED) is 0.597. The van der Waals surface area contributed by atoms with Gasteiger partial charge in [-0.2, -0.15) is 10.6 Å². The topological polar surface area (TPSA) is 53.8 Å². The van der Waals surface area contributed by atoms with Crippen molar-refractivity contribution in [1.29, 1.82) is 4.78 Å². The summed E-state index contributed by atoms with van der Waals surface area (Å²) < 4.78 is 17.1. The highest BCUT2D eigenvalue weighted by molar-refractivity contribution is 7.73. The molecule has 4 heteroatoms. The van der Waals surface area contributed by atoms with Crippen molar-refractivity contribution in [2.45, 2.75) is 4.90 Å². The van der Waals surface area contributed by atoms with E-state index in [2.05, 4.69) is 4.98 Å². The smallest absolute Gasteiger partial charge is 0.0266 e. The zero-order valence-corrected chi connectivity index (χ0v) is 5.39. The Labute approximate surface area is 54.8 Å². The number of rotatable bonds is 1. The summed E-state index contributed by atoms with van der Waals surface area (Å²) in [4.78, 5) is 4.14. The first kappa shape index (κ1) is 6.22. The highest BCUT2D eigenvalue weighted by Crippen LogP contribution is 1.95. The monoisotopic (exact) mass is 141 g/mol. The molecule has 1 aromatic heterocycles. The molecule has 1 rings (SSSR count). The molecule has 1 heterocycles. The lowest BCUT2D eigenvalue weighted by molar-refractivity contribution is 0.599. The van der Waals surface area contributed by atoms with E-state index in [1.165, 1.54) is 6.20 Å². The Morgan fingerprint density at radius 2 is 2.44 bits per heavy atom. The van der Waals surface area contributed by atoms with Crippen molar-refractivity contribution in [3.63, 3.8) is 0 Å². The van der Waals surface area contributed by atoms with Gasteiger partial charge in [0.2, 0.25) is 0 Å². The summed E-state index contributed by atoms with van der Waals surface area (Å²) in [7, 11) is -1.64. The lowest BCUT2D eigenvalue weighted by Gasteiger charge is -1.96. The van der Waals surface area contributed by atoms with Crippen LogP contribution in [0.25, 0.3) is 0 Å². The summed E-state index contributed by atoms with van der Waals surface area (Å²) in [5.74, 6) is 0. The fourth-order valence-corrected chi connectivity index (χ4v) is 0.816. The van der Waals surface area contributed by atoms with E-state index >= 15 is 0 Å². The molecule has 0 atom stereocenters. The molecule has 1 N–H and O–H groups in total. The van der Waals surface area contributed by atoms with Crippen LogP contribution in [0, 0.1) is 4.78 Å². The van der Waals surface area contributed by atoms with Crippen LogP contribution in [0.1, 0.15) is 0 Å². The van der Waals surface area contributed by atoms with Crippen LogP contribution in [-0.2, 0) is 14.8 Å². The molecule has 48 valence electrons. The maximum atomic E-state index is 10.4. The van der Waals surface area contributed by atoms with Gasteiger partial charge in [-0.25, -0.2) is 0 Å². The number of nitrogens with one attached hydrogen (secondary N) is 1. The zero-order valence-electron chi connectivity index (χ0n) is 4.57. The molecule has 1 aromatic rings. The third-order valence-electron chi connectivity index (χ3n) is 0.848. The minimum Gasteiger partial charge on any atom is -0.440 e. The van der Waals surface area contributed by atoms with Gasteiger partial charge in [-0.3, -0.25) is 4.98 Å². The largest absolute Gasteiger partial charge is 0.440 e. The van der Waals surface area contributed by atoms with Gasteiger partial charge < -0.3 is 8.99 Å². The number of nitrogens with zero attached hydrogens (tertiary/aromatic N) is 1. The highest BCUT2D eigenvalue weighted by atomic mass is 32.2. The van der Waals surface area contributed by atoms with E-state index < -0.39 is 10.6 Å². The van der Waals surface area contributed by atoms with E-state index in [1.807, 2.05) is 0 Å². The third-order valence-corrected chi connectivity index (χ3v) is 1.52. The van der Waals surface area contributed by atoms with Crippen LogP contribution in [0.3, 0.4) is 0 Å². The Hall–Kier alpha value is -0.900.